The molecule has 2 aliphatic heterocycles. The first-order valence-electron chi connectivity index (χ1n) is 15.7. The molecule has 2 aliphatic rings. The Hall–Kier alpha value is -2.85. The number of carboxylic acid groups (broad SMARTS) is 1. The molecule has 1 aromatic heterocycles. The van der Waals surface area contributed by atoms with Gasteiger partial charge in [-0.25, -0.2) is 18.2 Å². The van der Waals surface area contributed by atoms with Crippen molar-refractivity contribution in [1.82, 2.24) is 14.8 Å². The fourth-order valence-electron chi connectivity index (χ4n) is 6.39. The first kappa shape index (κ1) is 33.1. The molecule has 0 aliphatic carbocycles. The Bertz CT molecular complexity index is 1210. The average Bonchev–Trinajstić information content (AvgIpc) is 3.42. The highest BCUT2D eigenvalue weighted by molar-refractivity contribution is 5.77. The molecule has 4 rings (SSSR count). The van der Waals surface area contributed by atoms with Crippen molar-refractivity contribution in [2.24, 2.45) is 5.92 Å². The number of carbonyl (C=O) groups is 1. The maximum absolute atomic E-state index is 14.9. The van der Waals surface area contributed by atoms with Crippen molar-refractivity contribution in [1.29, 1.82) is 0 Å². The van der Waals surface area contributed by atoms with E-state index in [4.69, 9.17) is 9.72 Å². The van der Waals surface area contributed by atoms with Crippen molar-refractivity contribution < 1.29 is 27.8 Å². The van der Waals surface area contributed by atoms with Gasteiger partial charge in [0.05, 0.1) is 7.11 Å². The highest BCUT2D eigenvalue weighted by Crippen LogP contribution is 2.37. The largest absolute Gasteiger partial charge is 0.493 e. The summed E-state index contributed by atoms with van der Waals surface area (Å²) in [5.74, 6) is -0.499. The lowest BCUT2D eigenvalue weighted by atomic mass is 9.95. The topological polar surface area (TPSA) is 77.9 Å². The van der Waals surface area contributed by atoms with Crippen LogP contribution in [0.25, 0.3) is 0 Å². The van der Waals surface area contributed by atoms with Crippen molar-refractivity contribution in [3.8, 4) is 5.75 Å². The van der Waals surface area contributed by atoms with E-state index in [1.54, 1.807) is 6.07 Å². The average molecular weight is 605 g/mol. The minimum Gasteiger partial charge on any atom is -0.493 e. The lowest BCUT2D eigenvalue weighted by molar-refractivity contribution is -0.143. The first-order chi connectivity index (χ1) is 20.7. The molecule has 2 aromatic rings. The fraction of sp³-hybridized carbons (Fsp3) is 0.636. The molecule has 0 amide bonds. The Labute approximate surface area is 253 Å². The maximum atomic E-state index is 14.9. The molecule has 2 atom stereocenters. The number of nitrogens with zero attached hydrogens (tertiary/aromatic N) is 3. The van der Waals surface area contributed by atoms with Crippen LogP contribution in [-0.2, 0) is 17.6 Å². The molecule has 7 nitrogen and oxygen atoms in total. The molecule has 238 valence electrons. The van der Waals surface area contributed by atoms with E-state index in [9.17, 15) is 23.1 Å². The van der Waals surface area contributed by atoms with Crippen molar-refractivity contribution in [2.45, 2.75) is 83.6 Å². The number of alkyl halides is 2. The SMILES string of the molecule is COc1c(F)cc(C(C)C)cc1C(C(=O)O)N1CCC(CN(CCCCCc2ccc3c(n2)NCCC3)CCC(F)F)C1. The van der Waals surface area contributed by atoms with Gasteiger partial charge in [-0.1, -0.05) is 26.3 Å². The van der Waals surface area contributed by atoms with Crippen LogP contribution in [0.2, 0.25) is 0 Å². The molecule has 1 saturated heterocycles. The molecule has 1 aromatic carbocycles. The zero-order valence-corrected chi connectivity index (χ0v) is 25.8. The number of benzene rings is 1. The van der Waals surface area contributed by atoms with Crippen LogP contribution >= 0.6 is 0 Å². The van der Waals surface area contributed by atoms with Crippen LogP contribution < -0.4 is 10.1 Å². The number of pyridine rings is 1. The summed E-state index contributed by atoms with van der Waals surface area (Å²) in [5, 5.41) is 13.6. The lowest BCUT2D eigenvalue weighted by Gasteiger charge is -2.28. The molecule has 10 heteroatoms. The number of fused-ring (bicyclic) bond motifs is 1. The third-order valence-corrected chi connectivity index (χ3v) is 8.72. The van der Waals surface area contributed by atoms with Gasteiger partial charge in [0, 0.05) is 43.9 Å². The molecule has 2 unspecified atom stereocenters. The molecule has 3 heterocycles. The van der Waals surface area contributed by atoms with Gasteiger partial charge in [-0.05, 0) is 92.8 Å². The van der Waals surface area contributed by atoms with Crippen molar-refractivity contribution in [2.75, 3.05) is 51.7 Å². The van der Waals surface area contributed by atoms with E-state index in [0.717, 1.165) is 69.5 Å². The van der Waals surface area contributed by atoms with Gasteiger partial charge in [0.25, 0.3) is 0 Å². The third kappa shape index (κ3) is 9.08. The van der Waals surface area contributed by atoms with Crippen LogP contribution in [0, 0.1) is 11.7 Å². The minimum absolute atomic E-state index is 0.0228. The number of hydrogen-bond acceptors (Lipinski definition) is 6. The van der Waals surface area contributed by atoms with Crippen LogP contribution in [0.4, 0.5) is 19.0 Å². The maximum Gasteiger partial charge on any atom is 0.325 e. The second-order valence-electron chi connectivity index (χ2n) is 12.3. The molecule has 0 bridgehead atoms. The van der Waals surface area contributed by atoms with Crippen LogP contribution in [-0.4, -0.2) is 78.7 Å². The fourth-order valence-corrected chi connectivity index (χ4v) is 6.39. The molecule has 43 heavy (non-hydrogen) atoms. The van der Waals surface area contributed by atoms with Gasteiger partial charge in [-0.3, -0.25) is 9.69 Å². The van der Waals surface area contributed by atoms with Crippen LogP contribution in [0.15, 0.2) is 24.3 Å². The number of aliphatic carboxylic acids is 1. The Morgan fingerprint density at radius 3 is 2.74 bits per heavy atom. The zero-order chi connectivity index (χ0) is 30.9. The van der Waals surface area contributed by atoms with E-state index in [-0.39, 0.29) is 24.0 Å². The van der Waals surface area contributed by atoms with E-state index in [1.165, 1.54) is 18.7 Å². The lowest BCUT2D eigenvalue weighted by Crippen LogP contribution is -2.36. The Morgan fingerprint density at radius 2 is 2.02 bits per heavy atom. The molecular weight excluding hydrogens is 557 g/mol. The highest BCUT2D eigenvalue weighted by atomic mass is 19.3. The second kappa shape index (κ2) is 15.7. The van der Waals surface area contributed by atoms with Gasteiger partial charge in [0.1, 0.15) is 11.9 Å². The summed E-state index contributed by atoms with van der Waals surface area (Å²) in [4.78, 5) is 21.2. The minimum atomic E-state index is -2.36. The Balaban J connectivity index is 1.33. The number of hydrogen-bond donors (Lipinski definition) is 2. The zero-order valence-electron chi connectivity index (χ0n) is 25.8. The summed E-state index contributed by atoms with van der Waals surface area (Å²) < 4.78 is 46.5. The summed E-state index contributed by atoms with van der Waals surface area (Å²) in [6.07, 6.45) is 4.17. The van der Waals surface area contributed by atoms with Crippen LogP contribution in [0.5, 0.6) is 5.75 Å². The smallest absolute Gasteiger partial charge is 0.325 e. The third-order valence-electron chi connectivity index (χ3n) is 8.72. The predicted octanol–water partition coefficient (Wildman–Crippen LogP) is 6.53. The molecule has 0 radical (unpaired) electrons. The predicted molar refractivity (Wildman–Crippen MR) is 163 cm³/mol. The summed E-state index contributed by atoms with van der Waals surface area (Å²) >= 11 is 0. The van der Waals surface area contributed by atoms with Gasteiger partial charge in [0.2, 0.25) is 6.43 Å². The number of likely N-dealkylation sites (tertiary alicyclic amines) is 1. The van der Waals surface area contributed by atoms with Crippen molar-refractivity contribution >= 4 is 11.8 Å². The normalized spacial score (nSPS) is 17.8. The number of rotatable bonds is 16. The van der Waals surface area contributed by atoms with Gasteiger partial charge >= 0.3 is 5.97 Å². The Morgan fingerprint density at radius 1 is 1.21 bits per heavy atom. The van der Waals surface area contributed by atoms with E-state index in [0.29, 0.717) is 37.3 Å². The number of nitrogens with one attached hydrogen (secondary N) is 1. The van der Waals surface area contributed by atoms with Crippen molar-refractivity contribution in [3.05, 3.63) is 52.5 Å². The van der Waals surface area contributed by atoms with Gasteiger partial charge in [-0.15, -0.1) is 0 Å². The van der Waals surface area contributed by atoms with Crippen LogP contribution in [0.3, 0.4) is 0 Å². The quantitative estimate of drug-likeness (QED) is 0.211. The van der Waals surface area contributed by atoms with E-state index in [2.05, 4.69) is 22.3 Å². The van der Waals surface area contributed by atoms with E-state index < -0.39 is 24.3 Å². The highest BCUT2D eigenvalue weighted by Gasteiger charge is 2.37. The van der Waals surface area contributed by atoms with Gasteiger partial charge in [0.15, 0.2) is 11.6 Å². The van der Waals surface area contributed by atoms with Gasteiger partial charge in [-0.2, -0.15) is 0 Å². The summed E-state index contributed by atoms with van der Waals surface area (Å²) in [6, 6.07) is 6.38. The number of aromatic nitrogens is 1. The molecule has 0 saturated carbocycles. The number of anilines is 1. The number of methoxy groups -OCH3 is 1. The molecular formula is C33H47F3N4O3. The second-order valence-corrected chi connectivity index (χ2v) is 12.3. The summed E-state index contributed by atoms with van der Waals surface area (Å²) in [5.41, 5.74) is 3.39. The molecule has 2 N–H and O–H groups in total. The first-order valence-corrected chi connectivity index (χ1v) is 15.7. The number of ether oxygens (including phenoxy) is 1. The number of unbranched alkanes of at least 4 members (excludes halogenated alkanes) is 2. The van der Waals surface area contributed by atoms with Gasteiger partial charge < -0.3 is 20.1 Å². The number of halogens is 3. The molecule has 1 fully saturated rings. The van der Waals surface area contributed by atoms with Crippen molar-refractivity contribution in [3.63, 3.8) is 0 Å². The Kier molecular flexibility index (Phi) is 12.1. The van der Waals surface area contributed by atoms with E-state index >= 15 is 0 Å². The monoisotopic (exact) mass is 604 g/mol. The standard InChI is InChI=1S/C33H47F3N4O3/c1-22(2)25-18-27(31(43-3)28(34)19-25)30(33(41)42)40-17-12-23(21-40)20-39(16-13-29(35)36)15-6-4-5-9-26-11-10-24-8-7-14-37-32(24)38-26/h10-11,18-19,22-23,29-30H,4-9,12-17,20-21H2,1-3H3,(H,37,38)(H,41,42). The summed E-state index contributed by atoms with van der Waals surface area (Å²) in [7, 11) is 1.35. The molecule has 0 spiro atoms. The summed E-state index contributed by atoms with van der Waals surface area (Å²) in [6.45, 7) is 7.52. The van der Waals surface area contributed by atoms with Crippen LogP contribution in [0.1, 0.15) is 86.7 Å². The van der Waals surface area contributed by atoms with E-state index in [1.807, 2.05) is 18.7 Å². The number of carboxylic acids is 1. The number of aryl methyl sites for hydroxylation is 2.